The number of hydrogen-bond donors (Lipinski definition) is 2. The van der Waals surface area contributed by atoms with Crippen molar-refractivity contribution in [1.29, 1.82) is 0 Å². The molecule has 5 nitrogen and oxygen atoms in total. The van der Waals surface area contributed by atoms with E-state index in [1.54, 1.807) is 19.2 Å². The Bertz CT molecular complexity index is 1060. The average Bonchev–Trinajstić information content (AvgIpc) is 2.88. The van der Waals surface area contributed by atoms with Crippen LogP contribution in [-0.2, 0) is 12.6 Å². The molecule has 2 aromatic carbocycles. The summed E-state index contributed by atoms with van der Waals surface area (Å²) in [7, 11) is 3.65. The van der Waals surface area contributed by atoms with Gasteiger partial charge in [-0.25, -0.2) is 4.39 Å². The molecular formula is C25H31FN2O3. The lowest BCUT2D eigenvalue weighted by Crippen LogP contribution is -2.32. The highest BCUT2D eigenvalue weighted by atomic mass is 19.1. The van der Waals surface area contributed by atoms with Crippen LogP contribution in [0.25, 0.3) is 10.9 Å². The molecule has 6 heteroatoms. The Labute approximate surface area is 182 Å². The first-order valence-corrected chi connectivity index (χ1v) is 10.8. The Morgan fingerprint density at radius 1 is 1.13 bits per heavy atom. The summed E-state index contributed by atoms with van der Waals surface area (Å²) in [5.41, 5.74) is 2.82. The number of aryl methyl sites for hydroxylation is 1. The Morgan fingerprint density at radius 2 is 1.87 bits per heavy atom. The molecule has 0 saturated carbocycles. The number of fused-ring (bicyclic) bond motifs is 1. The molecular weight excluding hydrogens is 395 g/mol. The molecule has 0 aliphatic carbocycles. The largest absolute Gasteiger partial charge is 0.497 e. The van der Waals surface area contributed by atoms with E-state index in [0.717, 1.165) is 46.4 Å². The van der Waals surface area contributed by atoms with Crippen LogP contribution in [0.1, 0.15) is 42.2 Å². The van der Waals surface area contributed by atoms with E-state index in [1.165, 1.54) is 12.1 Å². The molecule has 1 fully saturated rings. The van der Waals surface area contributed by atoms with Gasteiger partial charge < -0.3 is 24.4 Å². The number of likely N-dealkylation sites (tertiary alicyclic amines) is 1. The molecule has 4 rings (SSSR count). The van der Waals surface area contributed by atoms with E-state index in [0.29, 0.717) is 25.9 Å². The van der Waals surface area contributed by atoms with Crippen molar-refractivity contribution in [2.75, 3.05) is 26.7 Å². The third-order valence-electron chi connectivity index (χ3n) is 6.80. The summed E-state index contributed by atoms with van der Waals surface area (Å²) in [4.78, 5) is 2.21. The lowest BCUT2D eigenvalue weighted by molar-refractivity contribution is 0.0194. The van der Waals surface area contributed by atoms with Crippen LogP contribution < -0.4 is 4.74 Å². The summed E-state index contributed by atoms with van der Waals surface area (Å²) >= 11 is 0. The molecule has 2 N–H and O–H groups in total. The lowest BCUT2D eigenvalue weighted by Gasteiger charge is -2.28. The number of halogens is 1. The molecule has 1 aromatic heterocycles. The fraction of sp³-hybridized carbons (Fsp3) is 0.440. The lowest BCUT2D eigenvalue weighted by atomic mass is 9.87. The van der Waals surface area contributed by atoms with Crippen molar-refractivity contribution in [2.24, 2.45) is 7.05 Å². The summed E-state index contributed by atoms with van der Waals surface area (Å²) in [6.45, 7) is 3.99. The second-order valence-electron chi connectivity index (χ2n) is 8.65. The highest BCUT2D eigenvalue weighted by molar-refractivity contribution is 5.87. The molecule has 1 saturated heterocycles. The van der Waals surface area contributed by atoms with Crippen molar-refractivity contribution < 1.29 is 19.3 Å². The maximum atomic E-state index is 13.3. The molecule has 0 bridgehead atoms. The van der Waals surface area contributed by atoms with Gasteiger partial charge in [0.15, 0.2) is 0 Å². The van der Waals surface area contributed by atoms with Crippen LogP contribution in [0.5, 0.6) is 5.75 Å². The van der Waals surface area contributed by atoms with E-state index in [1.807, 2.05) is 32.2 Å². The number of aliphatic hydroxyl groups is 2. The average molecular weight is 427 g/mol. The van der Waals surface area contributed by atoms with Crippen LogP contribution >= 0.6 is 0 Å². The van der Waals surface area contributed by atoms with Crippen LogP contribution in [0.15, 0.2) is 42.5 Å². The first kappa shape index (κ1) is 21.8. The van der Waals surface area contributed by atoms with Gasteiger partial charge in [0.2, 0.25) is 0 Å². The molecule has 0 amide bonds. The van der Waals surface area contributed by atoms with Crippen molar-refractivity contribution >= 4 is 10.9 Å². The molecule has 1 aliphatic heterocycles. The standard InChI is InChI=1S/C25H31FN2O3/c1-17-24(21-15-20(31-3)9-10-22(21)27(17)2)23(29)16-28-13-4-11-25(30,12-14-28)18-5-7-19(26)8-6-18/h5-10,15,23,29-30H,4,11-14,16H2,1-3H3/t23-,25+/m0/s1. The minimum Gasteiger partial charge on any atom is -0.497 e. The fourth-order valence-corrected chi connectivity index (χ4v) is 4.87. The van der Waals surface area contributed by atoms with Gasteiger partial charge in [-0.15, -0.1) is 0 Å². The zero-order chi connectivity index (χ0) is 22.2. The minimum atomic E-state index is -0.962. The topological polar surface area (TPSA) is 57.9 Å². The van der Waals surface area contributed by atoms with Gasteiger partial charge >= 0.3 is 0 Å². The molecule has 1 aliphatic rings. The second-order valence-corrected chi connectivity index (χ2v) is 8.65. The van der Waals surface area contributed by atoms with Crippen molar-refractivity contribution in [3.63, 3.8) is 0 Å². The van der Waals surface area contributed by atoms with E-state index in [4.69, 9.17) is 4.74 Å². The fourth-order valence-electron chi connectivity index (χ4n) is 4.87. The van der Waals surface area contributed by atoms with Gasteiger partial charge in [-0.2, -0.15) is 0 Å². The maximum Gasteiger partial charge on any atom is 0.123 e. The smallest absolute Gasteiger partial charge is 0.123 e. The molecule has 0 radical (unpaired) electrons. The number of β-amino-alcohol motifs (C(OH)–C–C–N with tert-alkyl or cyclic N) is 1. The summed E-state index contributed by atoms with van der Waals surface area (Å²) in [6.07, 6.45) is 1.33. The van der Waals surface area contributed by atoms with E-state index in [-0.39, 0.29) is 5.82 Å². The number of methoxy groups -OCH3 is 1. The van der Waals surface area contributed by atoms with Crippen molar-refractivity contribution in [1.82, 2.24) is 9.47 Å². The summed E-state index contributed by atoms with van der Waals surface area (Å²) in [5.74, 6) is 0.471. The van der Waals surface area contributed by atoms with Crippen LogP contribution in [0.3, 0.4) is 0 Å². The van der Waals surface area contributed by atoms with Crippen LogP contribution in [0.4, 0.5) is 4.39 Å². The monoisotopic (exact) mass is 426 g/mol. The quantitative estimate of drug-likeness (QED) is 0.647. The maximum absolute atomic E-state index is 13.3. The third-order valence-corrected chi connectivity index (χ3v) is 6.80. The normalized spacial score (nSPS) is 21.2. The highest BCUT2D eigenvalue weighted by Crippen LogP contribution is 2.35. The second kappa shape index (κ2) is 8.61. The van der Waals surface area contributed by atoms with Crippen LogP contribution in [0, 0.1) is 12.7 Å². The zero-order valence-corrected chi connectivity index (χ0v) is 18.4. The molecule has 31 heavy (non-hydrogen) atoms. The van der Waals surface area contributed by atoms with Crippen molar-refractivity contribution in [3.8, 4) is 5.75 Å². The van der Waals surface area contributed by atoms with Gasteiger partial charge in [0.1, 0.15) is 11.6 Å². The van der Waals surface area contributed by atoms with Crippen LogP contribution in [-0.4, -0.2) is 46.4 Å². The predicted octanol–water partition coefficient (Wildman–Crippen LogP) is 4.04. The molecule has 2 atom stereocenters. The van der Waals surface area contributed by atoms with Gasteiger partial charge in [0.25, 0.3) is 0 Å². The van der Waals surface area contributed by atoms with Crippen molar-refractivity contribution in [2.45, 2.75) is 37.9 Å². The van der Waals surface area contributed by atoms with Gasteiger partial charge in [0, 0.05) is 42.3 Å². The van der Waals surface area contributed by atoms with Gasteiger partial charge in [-0.05, 0) is 68.6 Å². The number of aliphatic hydroxyl groups excluding tert-OH is 1. The number of nitrogens with zero attached hydrogens (tertiary/aromatic N) is 2. The molecule has 0 unspecified atom stereocenters. The molecule has 2 heterocycles. The van der Waals surface area contributed by atoms with Gasteiger partial charge in [0.05, 0.1) is 18.8 Å². The van der Waals surface area contributed by atoms with Crippen molar-refractivity contribution in [3.05, 3.63) is 65.1 Å². The minimum absolute atomic E-state index is 0.298. The summed E-state index contributed by atoms with van der Waals surface area (Å²) in [6, 6.07) is 12.1. The molecule has 166 valence electrons. The molecule has 0 spiro atoms. The van der Waals surface area contributed by atoms with Crippen LogP contribution in [0.2, 0.25) is 0 Å². The Hall–Kier alpha value is -2.41. The highest BCUT2D eigenvalue weighted by Gasteiger charge is 2.33. The summed E-state index contributed by atoms with van der Waals surface area (Å²) < 4.78 is 20.8. The Kier molecular flexibility index (Phi) is 6.06. The van der Waals surface area contributed by atoms with Gasteiger partial charge in [-0.3, -0.25) is 0 Å². The number of aromatic nitrogens is 1. The first-order valence-electron chi connectivity index (χ1n) is 10.8. The third kappa shape index (κ3) is 4.20. The number of benzene rings is 2. The number of rotatable bonds is 5. The van der Waals surface area contributed by atoms with E-state index < -0.39 is 11.7 Å². The van der Waals surface area contributed by atoms with E-state index in [2.05, 4.69) is 9.47 Å². The Balaban J connectivity index is 1.52. The van der Waals surface area contributed by atoms with E-state index >= 15 is 0 Å². The number of hydrogen-bond acceptors (Lipinski definition) is 4. The SMILES string of the molecule is COc1ccc2c(c1)c([C@@H](O)CN1CCC[C@](O)(c3ccc(F)cc3)CC1)c(C)n2C. The zero-order valence-electron chi connectivity index (χ0n) is 18.4. The molecule has 3 aromatic rings. The van der Waals surface area contributed by atoms with E-state index in [9.17, 15) is 14.6 Å². The summed E-state index contributed by atoms with van der Waals surface area (Å²) in [5, 5.41) is 23.4. The predicted molar refractivity (Wildman–Crippen MR) is 120 cm³/mol. The Morgan fingerprint density at radius 3 is 2.58 bits per heavy atom. The van der Waals surface area contributed by atoms with Gasteiger partial charge in [-0.1, -0.05) is 12.1 Å². The first-order chi connectivity index (χ1) is 14.8. The number of ether oxygens (including phenoxy) is 1.